The Bertz CT molecular complexity index is 1320. The number of hydrogen-bond acceptors (Lipinski definition) is 7. The maximum atomic E-state index is 13.2. The lowest BCUT2D eigenvalue weighted by molar-refractivity contribution is -0.184. The molecule has 2 aliphatic heterocycles. The Kier molecular flexibility index (Phi) is 6.07. The minimum atomic E-state index is -4.43. The summed E-state index contributed by atoms with van der Waals surface area (Å²) in [5.74, 6) is 1.15. The summed E-state index contributed by atoms with van der Waals surface area (Å²) in [6, 6.07) is 6.73. The average molecular weight is 513 g/mol. The number of piperazine rings is 1. The van der Waals surface area contributed by atoms with Crippen LogP contribution in [0.15, 0.2) is 55.2 Å². The van der Waals surface area contributed by atoms with Gasteiger partial charge in [-0.1, -0.05) is 0 Å². The van der Waals surface area contributed by atoms with E-state index in [-0.39, 0.29) is 0 Å². The number of nitrogens with one attached hydrogen (secondary N) is 1. The summed E-state index contributed by atoms with van der Waals surface area (Å²) in [5, 5.41) is 6.21. The fourth-order valence-corrected chi connectivity index (χ4v) is 5.32. The maximum absolute atomic E-state index is 13.2. The number of H-pyrrole nitrogens is 1. The van der Waals surface area contributed by atoms with Crippen molar-refractivity contribution < 1.29 is 17.9 Å². The fraction of sp³-hybridized carbons (Fsp3) is 0.440. The summed E-state index contributed by atoms with van der Waals surface area (Å²) in [5.41, 5.74) is 0.589. The number of aromatic amines is 1. The van der Waals surface area contributed by atoms with Gasteiger partial charge in [0.2, 0.25) is 0 Å². The van der Waals surface area contributed by atoms with Crippen LogP contribution in [0.4, 0.5) is 19.0 Å². The van der Waals surface area contributed by atoms with Crippen molar-refractivity contribution in [3.8, 4) is 11.5 Å². The van der Waals surface area contributed by atoms with Gasteiger partial charge >= 0.3 is 6.18 Å². The second-order valence-corrected chi connectivity index (χ2v) is 9.87. The molecule has 0 radical (unpaired) electrons. The number of halogens is 3. The number of nitrogens with zero attached hydrogens (tertiary/aromatic N) is 7. The van der Waals surface area contributed by atoms with Gasteiger partial charge in [0.05, 0.1) is 25.0 Å². The minimum Gasteiger partial charge on any atom is -0.380 e. The third-order valence-corrected chi connectivity index (χ3v) is 7.42. The number of fused-ring (bicyclic) bond motifs is 1. The lowest BCUT2D eigenvalue weighted by atomic mass is 9.63. The molecule has 0 amide bonds. The average Bonchev–Trinajstić information content (AvgIpc) is 3.56. The Morgan fingerprint density at radius 2 is 1.81 bits per heavy atom. The minimum absolute atomic E-state index is 0.364. The lowest BCUT2D eigenvalue weighted by Gasteiger charge is -2.57. The molecule has 2 saturated heterocycles. The SMILES string of the molecule is FC(F)(F)c1ccc2ncc(-c3nccc(N4CCN(C5CC6(COC6)C5)CC4)n3)n2c1.c1cn[nH]c1. The van der Waals surface area contributed by atoms with Crippen molar-refractivity contribution in [1.82, 2.24) is 34.4 Å². The topological polar surface area (TPSA) is 87.5 Å². The molecule has 4 aromatic rings. The smallest absolute Gasteiger partial charge is 0.380 e. The number of rotatable bonds is 3. The van der Waals surface area contributed by atoms with Gasteiger partial charge in [-0.2, -0.15) is 18.3 Å². The number of alkyl halides is 3. The van der Waals surface area contributed by atoms with E-state index >= 15 is 0 Å². The van der Waals surface area contributed by atoms with Gasteiger partial charge in [0, 0.05) is 62.4 Å². The molecule has 0 aromatic carbocycles. The van der Waals surface area contributed by atoms with Crippen LogP contribution < -0.4 is 4.90 Å². The molecule has 0 atom stereocenters. The van der Waals surface area contributed by atoms with Crippen molar-refractivity contribution in [2.45, 2.75) is 25.1 Å². The molecule has 4 aromatic heterocycles. The third kappa shape index (κ3) is 4.78. The first-order valence-corrected chi connectivity index (χ1v) is 12.3. The Morgan fingerprint density at radius 1 is 1.00 bits per heavy atom. The van der Waals surface area contributed by atoms with E-state index in [1.807, 2.05) is 12.1 Å². The Labute approximate surface area is 211 Å². The lowest BCUT2D eigenvalue weighted by Crippen LogP contribution is -2.62. The van der Waals surface area contributed by atoms with Crippen molar-refractivity contribution in [2.75, 3.05) is 44.3 Å². The van der Waals surface area contributed by atoms with Crippen molar-refractivity contribution in [3.63, 3.8) is 0 Å². The summed E-state index contributed by atoms with van der Waals surface area (Å²) < 4.78 is 46.3. The molecule has 7 rings (SSSR count). The molecule has 9 nitrogen and oxygen atoms in total. The normalized spacial score (nSPS) is 19.8. The number of aromatic nitrogens is 6. The molecule has 3 aliphatic rings. The molecular weight excluding hydrogens is 485 g/mol. The van der Waals surface area contributed by atoms with Crippen molar-refractivity contribution >= 4 is 11.5 Å². The molecule has 0 unspecified atom stereocenters. The van der Waals surface area contributed by atoms with Crippen molar-refractivity contribution in [1.29, 1.82) is 0 Å². The molecule has 1 spiro atoms. The van der Waals surface area contributed by atoms with E-state index in [0.717, 1.165) is 57.5 Å². The van der Waals surface area contributed by atoms with E-state index < -0.39 is 11.7 Å². The number of hydrogen-bond donors (Lipinski definition) is 1. The molecule has 3 fully saturated rings. The van der Waals surface area contributed by atoms with Crippen molar-refractivity contribution in [2.24, 2.45) is 5.41 Å². The summed E-state index contributed by atoms with van der Waals surface area (Å²) in [6.07, 6.45) is 5.72. The number of imidazole rings is 1. The van der Waals surface area contributed by atoms with Gasteiger partial charge in [0.15, 0.2) is 5.82 Å². The number of pyridine rings is 1. The maximum Gasteiger partial charge on any atom is 0.417 e. The summed E-state index contributed by atoms with van der Waals surface area (Å²) in [7, 11) is 0. The highest BCUT2D eigenvalue weighted by atomic mass is 19.4. The zero-order valence-corrected chi connectivity index (χ0v) is 20.1. The summed E-state index contributed by atoms with van der Waals surface area (Å²) in [4.78, 5) is 18.0. The molecule has 1 N–H and O–H groups in total. The van der Waals surface area contributed by atoms with Gasteiger partial charge in [0.1, 0.15) is 17.2 Å². The molecule has 12 heteroatoms. The van der Waals surface area contributed by atoms with Crippen LogP contribution in [0.5, 0.6) is 0 Å². The zero-order valence-electron chi connectivity index (χ0n) is 20.1. The number of anilines is 1. The standard InChI is InChI=1S/C22H23F3N6O.C3H4N2/c23-22(24,25)15-1-2-18-27-11-17(31(18)12-15)20-26-4-3-19(28-20)30-7-5-29(6-8-30)16-9-21(10-16)13-32-14-21;1-2-4-5-3-1/h1-4,11-12,16H,5-10,13-14H2;1-3H,(H,4,5). The Morgan fingerprint density at radius 3 is 2.43 bits per heavy atom. The molecule has 0 bridgehead atoms. The van der Waals surface area contributed by atoms with E-state index in [1.165, 1.54) is 29.5 Å². The molecule has 37 heavy (non-hydrogen) atoms. The van der Waals surface area contributed by atoms with E-state index in [4.69, 9.17) is 4.74 Å². The first-order valence-electron chi connectivity index (χ1n) is 12.3. The number of ether oxygens (including phenoxy) is 1. The van der Waals surface area contributed by atoms with E-state index in [1.54, 1.807) is 18.6 Å². The van der Waals surface area contributed by atoms with Crippen LogP contribution >= 0.6 is 0 Å². The highest BCUT2D eigenvalue weighted by molar-refractivity contribution is 5.59. The van der Waals surface area contributed by atoms with Gasteiger partial charge in [0.25, 0.3) is 0 Å². The highest BCUT2D eigenvalue weighted by Gasteiger charge is 2.51. The van der Waals surface area contributed by atoms with Crippen LogP contribution in [0.25, 0.3) is 17.2 Å². The first kappa shape index (κ1) is 23.9. The highest BCUT2D eigenvalue weighted by Crippen LogP contribution is 2.49. The van der Waals surface area contributed by atoms with Gasteiger partial charge in [-0.3, -0.25) is 14.4 Å². The van der Waals surface area contributed by atoms with Gasteiger partial charge < -0.3 is 9.64 Å². The van der Waals surface area contributed by atoms with Crippen LogP contribution in [0, 0.1) is 5.41 Å². The first-order chi connectivity index (χ1) is 17.9. The Balaban J connectivity index is 0.000000453. The second-order valence-electron chi connectivity index (χ2n) is 9.87. The largest absolute Gasteiger partial charge is 0.417 e. The molecular formula is C25H27F3N8O. The van der Waals surface area contributed by atoms with E-state index in [9.17, 15) is 13.2 Å². The summed E-state index contributed by atoms with van der Waals surface area (Å²) in [6.45, 7) is 5.52. The monoisotopic (exact) mass is 512 g/mol. The van der Waals surface area contributed by atoms with Crippen LogP contribution in [-0.2, 0) is 10.9 Å². The summed E-state index contributed by atoms with van der Waals surface area (Å²) >= 11 is 0. The molecule has 6 heterocycles. The van der Waals surface area contributed by atoms with Crippen LogP contribution in [0.3, 0.4) is 0 Å². The van der Waals surface area contributed by atoms with Crippen LogP contribution in [0.1, 0.15) is 18.4 Å². The predicted octanol–water partition coefficient (Wildman–Crippen LogP) is 3.52. The third-order valence-electron chi connectivity index (χ3n) is 7.42. The zero-order chi connectivity index (χ0) is 25.5. The van der Waals surface area contributed by atoms with E-state index in [2.05, 4.69) is 34.9 Å². The van der Waals surface area contributed by atoms with Crippen LogP contribution in [0.2, 0.25) is 0 Å². The predicted molar refractivity (Wildman–Crippen MR) is 130 cm³/mol. The Hall–Kier alpha value is -3.51. The van der Waals surface area contributed by atoms with Crippen LogP contribution in [-0.4, -0.2) is 79.9 Å². The van der Waals surface area contributed by atoms with Gasteiger partial charge in [-0.25, -0.2) is 15.0 Å². The van der Waals surface area contributed by atoms with E-state index in [0.29, 0.717) is 28.6 Å². The fourth-order valence-electron chi connectivity index (χ4n) is 5.32. The molecule has 1 aliphatic carbocycles. The van der Waals surface area contributed by atoms with Gasteiger partial charge in [-0.05, 0) is 37.1 Å². The quantitative estimate of drug-likeness (QED) is 0.450. The van der Waals surface area contributed by atoms with Crippen molar-refractivity contribution in [3.05, 3.63) is 60.8 Å². The second kappa shape index (κ2) is 9.42. The molecule has 1 saturated carbocycles. The van der Waals surface area contributed by atoms with Gasteiger partial charge in [-0.15, -0.1) is 0 Å². The molecule has 194 valence electrons.